The molecule has 1 aliphatic rings. The van der Waals surface area contributed by atoms with Crippen molar-refractivity contribution in [2.75, 3.05) is 6.61 Å². The number of carbonyl (C=O) groups excluding carboxylic acids is 2. The van der Waals surface area contributed by atoms with Gasteiger partial charge in [0, 0.05) is 23.5 Å². The van der Waals surface area contributed by atoms with Gasteiger partial charge in [0.05, 0.1) is 0 Å². The maximum atomic E-state index is 13.8. The van der Waals surface area contributed by atoms with Crippen LogP contribution in [0.25, 0.3) is 0 Å². The zero-order chi connectivity index (χ0) is 26.2. The topological polar surface area (TPSA) is 58.6 Å². The largest absolute Gasteiger partial charge is 0.484 e. The number of hydrogen-bond donors (Lipinski definition) is 1. The van der Waals surface area contributed by atoms with Crippen molar-refractivity contribution in [3.63, 3.8) is 0 Å². The van der Waals surface area contributed by atoms with E-state index in [2.05, 4.69) is 21.2 Å². The Morgan fingerprint density at radius 3 is 2.38 bits per heavy atom. The standard InChI is InChI=1S/C31H35BrN2O3/c1-22-10-6-7-13-25(22)20-34(30(35)21-37-27-16-17-28(32)23(2)18-27)29(19-24-11-4-3-5-12-24)31(36)33-26-14-8-9-15-26/h3-7,10-13,16-18,26,29H,8-9,14-15,19-21H2,1-2H3,(H,33,36). The summed E-state index contributed by atoms with van der Waals surface area (Å²) in [7, 11) is 0. The molecule has 3 aromatic rings. The summed E-state index contributed by atoms with van der Waals surface area (Å²) in [6.07, 6.45) is 4.67. The molecule has 37 heavy (non-hydrogen) atoms. The second-order valence-electron chi connectivity index (χ2n) is 9.84. The van der Waals surface area contributed by atoms with Gasteiger partial charge < -0.3 is 15.0 Å². The fraction of sp³-hybridized carbons (Fsp3) is 0.355. The zero-order valence-corrected chi connectivity index (χ0v) is 23.2. The maximum absolute atomic E-state index is 13.8. The van der Waals surface area contributed by atoms with Crippen LogP contribution in [0.1, 0.15) is 47.9 Å². The number of rotatable bonds is 10. The highest BCUT2D eigenvalue weighted by Crippen LogP contribution is 2.23. The second kappa shape index (κ2) is 12.9. The van der Waals surface area contributed by atoms with Gasteiger partial charge in [-0.05, 0) is 67.1 Å². The monoisotopic (exact) mass is 562 g/mol. The molecule has 0 spiro atoms. The van der Waals surface area contributed by atoms with Crippen molar-refractivity contribution in [2.45, 2.75) is 64.6 Å². The normalized spacial score (nSPS) is 14.2. The van der Waals surface area contributed by atoms with Gasteiger partial charge in [0.15, 0.2) is 6.61 Å². The Hall–Kier alpha value is -3.12. The minimum absolute atomic E-state index is 0.0998. The summed E-state index contributed by atoms with van der Waals surface area (Å²) in [5.74, 6) is 0.309. The lowest BCUT2D eigenvalue weighted by atomic mass is 10.0. The molecule has 0 saturated heterocycles. The van der Waals surface area contributed by atoms with Crippen LogP contribution in [0.3, 0.4) is 0 Å². The highest BCUT2D eigenvalue weighted by Gasteiger charge is 2.32. The van der Waals surface area contributed by atoms with Crippen LogP contribution in [0, 0.1) is 13.8 Å². The zero-order valence-electron chi connectivity index (χ0n) is 21.6. The smallest absolute Gasteiger partial charge is 0.261 e. The molecule has 0 bridgehead atoms. The number of aryl methyl sites for hydroxylation is 2. The fourth-order valence-electron chi connectivity index (χ4n) is 4.83. The van der Waals surface area contributed by atoms with Crippen molar-refractivity contribution in [1.82, 2.24) is 10.2 Å². The van der Waals surface area contributed by atoms with E-state index in [1.807, 2.05) is 86.6 Å². The molecule has 1 N–H and O–H groups in total. The van der Waals surface area contributed by atoms with Crippen LogP contribution < -0.4 is 10.1 Å². The van der Waals surface area contributed by atoms with E-state index in [9.17, 15) is 9.59 Å². The number of nitrogens with zero attached hydrogens (tertiary/aromatic N) is 1. The molecule has 0 aromatic heterocycles. The Kier molecular flexibility index (Phi) is 9.40. The van der Waals surface area contributed by atoms with Gasteiger partial charge in [-0.3, -0.25) is 9.59 Å². The average molecular weight is 564 g/mol. The Labute approximate surface area is 228 Å². The van der Waals surface area contributed by atoms with Gasteiger partial charge in [-0.25, -0.2) is 0 Å². The van der Waals surface area contributed by atoms with Crippen LogP contribution >= 0.6 is 15.9 Å². The minimum Gasteiger partial charge on any atom is -0.484 e. The van der Waals surface area contributed by atoms with Gasteiger partial charge >= 0.3 is 0 Å². The van der Waals surface area contributed by atoms with Crippen LogP contribution in [-0.4, -0.2) is 35.4 Å². The first kappa shape index (κ1) is 26.9. The molecule has 4 rings (SSSR count). The molecule has 1 saturated carbocycles. The van der Waals surface area contributed by atoms with E-state index in [0.717, 1.165) is 52.4 Å². The van der Waals surface area contributed by atoms with Crippen molar-refractivity contribution in [2.24, 2.45) is 0 Å². The summed E-state index contributed by atoms with van der Waals surface area (Å²) in [5.41, 5.74) is 4.14. The first-order valence-electron chi connectivity index (χ1n) is 13.0. The number of halogens is 1. The Morgan fingerprint density at radius 2 is 1.68 bits per heavy atom. The number of hydrogen-bond acceptors (Lipinski definition) is 3. The van der Waals surface area contributed by atoms with E-state index < -0.39 is 6.04 Å². The number of nitrogens with one attached hydrogen (secondary N) is 1. The molecule has 194 valence electrons. The number of ether oxygens (including phenoxy) is 1. The predicted molar refractivity (Wildman–Crippen MR) is 150 cm³/mol. The van der Waals surface area contributed by atoms with Crippen molar-refractivity contribution < 1.29 is 14.3 Å². The number of carbonyl (C=O) groups is 2. The van der Waals surface area contributed by atoms with Crippen LogP contribution in [0.2, 0.25) is 0 Å². The molecule has 0 heterocycles. The van der Waals surface area contributed by atoms with Gasteiger partial charge in [-0.1, -0.05) is 83.4 Å². The number of amides is 2. The van der Waals surface area contributed by atoms with E-state index in [0.29, 0.717) is 18.7 Å². The van der Waals surface area contributed by atoms with Crippen LogP contribution in [-0.2, 0) is 22.6 Å². The van der Waals surface area contributed by atoms with Crippen molar-refractivity contribution in [3.05, 3.63) is 99.5 Å². The predicted octanol–water partition coefficient (Wildman–Crippen LogP) is 6.14. The van der Waals surface area contributed by atoms with Crippen molar-refractivity contribution >= 4 is 27.7 Å². The van der Waals surface area contributed by atoms with Crippen LogP contribution in [0.5, 0.6) is 5.75 Å². The summed E-state index contributed by atoms with van der Waals surface area (Å²) in [4.78, 5) is 29.2. The lowest BCUT2D eigenvalue weighted by Gasteiger charge is -2.32. The molecule has 5 nitrogen and oxygen atoms in total. The number of benzene rings is 3. The van der Waals surface area contributed by atoms with Crippen molar-refractivity contribution in [1.29, 1.82) is 0 Å². The van der Waals surface area contributed by atoms with Gasteiger partial charge in [0.2, 0.25) is 5.91 Å². The van der Waals surface area contributed by atoms with E-state index in [-0.39, 0.29) is 24.5 Å². The van der Waals surface area contributed by atoms with Gasteiger partial charge in [-0.15, -0.1) is 0 Å². The molecule has 0 aliphatic heterocycles. The van der Waals surface area contributed by atoms with E-state index >= 15 is 0 Å². The lowest BCUT2D eigenvalue weighted by Crippen LogP contribution is -2.53. The summed E-state index contributed by atoms with van der Waals surface area (Å²) in [6.45, 7) is 4.20. The first-order chi connectivity index (χ1) is 17.9. The molecular weight excluding hydrogens is 528 g/mol. The minimum atomic E-state index is -0.648. The highest BCUT2D eigenvalue weighted by molar-refractivity contribution is 9.10. The first-order valence-corrected chi connectivity index (χ1v) is 13.8. The van der Waals surface area contributed by atoms with Gasteiger partial charge in [0.25, 0.3) is 5.91 Å². The SMILES string of the molecule is Cc1cc(OCC(=O)N(Cc2ccccc2C)C(Cc2ccccc2)C(=O)NC2CCCC2)ccc1Br. The molecule has 3 aromatic carbocycles. The van der Waals surface area contributed by atoms with E-state index in [4.69, 9.17) is 4.74 Å². The third-order valence-electron chi connectivity index (χ3n) is 7.07. The third kappa shape index (κ3) is 7.45. The van der Waals surface area contributed by atoms with Crippen LogP contribution in [0.15, 0.2) is 77.3 Å². The van der Waals surface area contributed by atoms with Gasteiger partial charge in [0.1, 0.15) is 11.8 Å². The summed E-state index contributed by atoms with van der Waals surface area (Å²) in [6, 6.07) is 23.1. The molecule has 0 radical (unpaired) electrons. The molecule has 6 heteroatoms. The second-order valence-corrected chi connectivity index (χ2v) is 10.7. The molecule has 1 fully saturated rings. The van der Waals surface area contributed by atoms with Crippen LogP contribution in [0.4, 0.5) is 0 Å². The molecule has 1 unspecified atom stereocenters. The molecule has 1 aliphatic carbocycles. The Balaban J connectivity index is 1.62. The van der Waals surface area contributed by atoms with E-state index in [1.54, 1.807) is 4.90 Å². The van der Waals surface area contributed by atoms with Crippen molar-refractivity contribution in [3.8, 4) is 5.75 Å². The summed E-state index contributed by atoms with van der Waals surface area (Å²) in [5, 5.41) is 3.24. The summed E-state index contributed by atoms with van der Waals surface area (Å²) < 4.78 is 6.91. The van der Waals surface area contributed by atoms with E-state index in [1.165, 1.54) is 0 Å². The quantitative estimate of drug-likeness (QED) is 0.322. The highest BCUT2D eigenvalue weighted by atomic mass is 79.9. The molecule has 2 amide bonds. The Morgan fingerprint density at radius 1 is 0.973 bits per heavy atom. The maximum Gasteiger partial charge on any atom is 0.261 e. The van der Waals surface area contributed by atoms with Gasteiger partial charge in [-0.2, -0.15) is 0 Å². The third-order valence-corrected chi connectivity index (χ3v) is 7.96. The average Bonchev–Trinajstić information content (AvgIpc) is 3.41. The lowest BCUT2D eigenvalue weighted by molar-refractivity contribution is -0.143. The fourth-order valence-corrected chi connectivity index (χ4v) is 5.07. The summed E-state index contributed by atoms with van der Waals surface area (Å²) >= 11 is 3.50. The molecule has 1 atom stereocenters. The Bertz CT molecular complexity index is 1210. The molecular formula is C31H35BrN2O3.